The summed E-state index contributed by atoms with van der Waals surface area (Å²) in [5.74, 6) is -1.29. The molecule has 0 aromatic heterocycles. The van der Waals surface area contributed by atoms with Gasteiger partial charge in [0.1, 0.15) is 23.8 Å². The van der Waals surface area contributed by atoms with Gasteiger partial charge in [0.15, 0.2) is 5.78 Å². The summed E-state index contributed by atoms with van der Waals surface area (Å²) < 4.78 is 10.3. The lowest BCUT2D eigenvalue weighted by Crippen LogP contribution is -2.24. The van der Waals surface area contributed by atoms with Crippen molar-refractivity contribution in [2.45, 2.75) is 18.7 Å². The minimum absolute atomic E-state index is 0.0627. The van der Waals surface area contributed by atoms with Crippen molar-refractivity contribution in [1.82, 2.24) is 0 Å². The first-order valence-electron chi connectivity index (χ1n) is 8.02. The molecule has 0 bridgehead atoms. The van der Waals surface area contributed by atoms with Gasteiger partial charge in [-0.25, -0.2) is 4.79 Å². The summed E-state index contributed by atoms with van der Waals surface area (Å²) in [7, 11) is 0. The number of halogens is 1. The van der Waals surface area contributed by atoms with Gasteiger partial charge in [0.05, 0.1) is 0 Å². The molecule has 136 valence electrons. The SMILES string of the molecule is CC(C)(Cl)C(=O)c1ccc(OCCOC(=O)C(=O)c2ccccc2)cc1. The second kappa shape index (κ2) is 8.63. The summed E-state index contributed by atoms with van der Waals surface area (Å²) >= 11 is 6.00. The number of alkyl halides is 1. The Kier molecular flexibility index (Phi) is 6.52. The number of Topliss-reactive ketones (excluding diaryl/α,β-unsaturated/α-hetero) is 2. The monoisotopic (exact) mass is 374 g/mol. The highest BCUT2D eigenvalue weighted by Crippen LogP contribution is 2.21. The maximum atomic E-state index is 12.0. The molecule has 0 atom stereocenters. The highest BCUT2D eigenvalue weighted by Gasteiger charge is 2.25. The first-order chi connectivity index (χ1) is 12.3. The predicted octanol–water partition coefficient (Wildman–Crippen LogP) is 3.69. The molecule has 6 heteroatoms. The first-order valence-corrected chi connectivity index (χ1v) is 8.40. The fourth-order valence-corrected chi connectivity index (χ4v) is 2.22. The number of hydrogen-bond acceptors (Lipinski definition) is 5. The van der Waals surface area contributed by atoms with Gasteiger partial charge in [0.2, 0.25) is 0 Å². The van der Waals surface area contributed by atoms with Gasteiger partial charge in [0.25, 0.3) is 5.78 Å². The van der Waals surface area contributed by atoms with Crippen LogP contribution in [0, 0.1) is 0 Å². The Hall–Kier alpha value is -2.66. The molecular formula is C20H19ClO5. The maximum Gasteiger partial charge on any atom is 0.379 e. The van der Waals surface area contributed by atoms with Crippen LogP contribution < -0.4 is 4.74 Å². The lowest BCUT2D eigenvalue weighted by atomic mass is 10.0. The zero-order chi connectivity index (χ0) is 19.2. The molecule has 0 unspecified atom stereocenters. The molecule has 5 nitrogen and oxygen atoms in total. The van der Waals surface area contributed by atoms with Gasteiger partial charge in [-0.1, -0.05) is 30.3 Å². The van der Waals surface area contributed by atoms with Crippen LogP contribution in [0.25, 0.3) is 0 Å². The summed E-state index contributed by atoms with van der Waals surface area (Å²) in [6.07, 6.45) is 0. The van der Waals surface area contributed by atoms with Crippen molar-refractivity contribution in [3.05, 3.63) is 65.7 Å². The van der Waals surface area contributed by atoms with Crippen molar-refractivity contribution in [2.24, 2.45) is 0 Å². The van der Waals surface area contributed by atoms with Crippen molar-refractivity contribution in [3.8, 4) is 5.75 Å². The van der Waals surface area contributed by atoms with E-state index >= 15 is 0 Å². The van der Waals surface area contributed by atoms with Crippen molar-refractivity contribution in [1.29, 1.82) is 0 Å². The molecule has 0 amide bonds. The van der Waals surface area contributed by atoms with E-state index in [9.17, 15) is 14.4 Å². The van der Waals surface area contributed by atoms with Crippen LogP contribution in [0.1, 0.15) is 34.6 Å². The normalized spacial score (nSPS) is 10.9. The molecule has 2 aromatic carbocycles. The van der Waals surface area contributed by atoms with Crippen LogP contribution in [0.15, 0.2) is 54.6 Å². The number of rotatable bonds is 8. The van der Waals surface area contributed by atoms with Gasteiger partial charge in [0, 0.05) is 11.1 Å². The average Bonchev–Trinajstić information content (AvgIpc) is 2.64. The Bertz CT molecular complexity index is 776. The van der Waals surface area contributed by atoms with E-state index in [1.165, 1.54) is 0 Å². The van der Waals surface area contributed by atoms with Crippen LogP contribution in [0.5, 0.6) is 5.75 Å². The van der Waals surface area contributed by atoms with Gasteiger partial charge >= 0.3 is 5.97 Å². The molecule has 2 aromatic rings. The van der Waals surface area contributed by atoms with E-state index in [0.717, 1.165) is 0 Å². The Morgan fingerprint density at radius 1 is 0.885 bits per heavy atom. The largest absolute Gasteiger partial charge is 0.490 e. The third-order valence-electron chi connectivity index (χ3n) is 3.46. The van der Waals surface area contributed by atoms with E-state index in [0.29, 0.717) is 11.3 Å². The topological polar surface area (TPSA) is 69.7 Å². The average molecular weight is 375 g/mol. The summed E-state index contributed by atoms with van der Waals surface area (Å²) in [5, 5.41) is 0. The second-order valence-electron chi connectivity index (χ2n) is 6.01. The zero-order valence-corrected chi connectivity index (χ0v) is 15.3. The Morgan fingerprint density at radius 3 is 2.08 bits per heavy atom. The summed E-state index contributed by atoms with van der Waals surface area (Å²) in [5.41, 5.74) is 0.762. The molecule has 0 saturated carbocycles. The Morgan fingerprint density at radius 2 is 1.50 bits per heavy atom. The number of ether oxygens (including phenoxy) is 2. The molecule has 0 aliphatic carbocycles. The minimum Gasteiger partial charge on any atom is -0.490 e. The van der Waals surface area contributed by atoms with E-state index < -0.39 is 16.6 Å². The standard InChI is InChI=1S/C20H19ClO5/c1-20(2,21)18(23)15-8-10-16(11-9-15)25-12-13-26-19(24)17(22)14-6-4-3-5-7-14/h3-11H,12-13H2,1-2H3. The third kappa shape index (κ3) is 5.43. The molecule has 0 spiro atoms. The smallest absolute Gasteiger partial charge is 0.379 e. The summed E-state index contributed by atoms with van der Waals surface area (Å²) in [6.45, 7) is 3.29. The number of esters is 1. The van der Waals surface area contributed by atoms with Crippen LogP contribution >= 0.6 is 11.6 Å². The maximum absolute atomic E-state index is 12.0. The molecule has 2 rings (SSSR count). The fourth-order valence-electron chi connectivity index (χ4n) is 2.11. The molecule has 0 N–H and O–H groups in total. The van der Waals surface area contributed by atoms with E-state index in [1.54, 1.807) is 68.4 Å². The Labute approximate surface area is 156 Å². The fraction of sp³-hybridized carbons (Fsp3) is 0.250. The van der Waals surface area contributed by atoms with E-state index in [-0.39, 0.29) is 24.6 Å². The van der Waals surface area contributed by atoms with Gasteiger partial charge in [-0.2, -0.15) is 0 Å². The number of carbonyl (C=O) groups excluding carboxylic acids is 3. The minimum atomic E-state index is -0.970. The molecule has 0 saturated heterocycles. The van der Waals surface area contributed by atoms with Crippen LogP contribution in [0.4, 0.5) is 0 Å². The van der Waals surface area contributed by atoms with Crippen molar-refractivity contribution in [2.75, 3.05) is 13.2 Å². The lowest BCUT2D eigenvalue weighted by molar-refractivity contribution is -0.138. The van der Waals surface area contributed by atoms with Gasteiger partial charge in [-0.15, -0.1) is 11.6 Å². The molecule has 0 aliphatic heterocycles. The lowest BCUT2D eigenvalue weighted by Gasteiger charge is -2.14. The molecule has 26 heavy (non-hydrogen) atoms. The van der Waals surface area contributed by atoms with E-state index in [4.69, 9.17) is 21.1 Å². The molecule has 0 aliphatic rings. The van der Waals surface area contributed by atoms with Crippen molar-refractivity contribution in [3.63, 3.8) is 0 Å². The quantitative estimate of drug-likeness (QED) is 0.232. The van der Waals surface area contributed by atoms with Crippen LogP contribution in [0.2, 0.25) is 0 Å². The molecule has 0 heterocycles. The number of hydrogen-bond donors (Lipinski definition) is 0. The molecular weight excluding hydrogens is 356 g/mol. The third-order valence-corrected chi connectivity index (χ3v) is 3.63. The van der Waals surface area contributed by atoms with Crippen LogP contribution in [-0.4, -0.2) is 35.6 Å². The van der Waals surface area contributed by atoms with Gasteiger partial charge < -0.3 is 9.47 Å². The van der Waals surface area contributed by atoms with E-state index in [2.05, 4.69) is 0 Å². The molecule has 0 fully saturated rings. The summed E-state index contributed by atoms with van der Waals surface area (Å²) in [4.78, 5) is 34.6. The first kappa shape index (κ1) is 19.7. The highest BCUT2D eigenvalue weighted by molar-refractivity contribution is 6.40. The van der Waals surface area contributed by atoms with Gasteiger partial charge in [-0.3, -0.25) is 9.59 Å². The summed E-state index contributed by atoms with van der Waals surface area (Å²) in [6, 6.07) is 14.7. The Balaban J connectivity index is 1.79. The number of carbonyl (C=O) groups is 3. The number of ketones is 2. The van der Waals surface area contributed by atoms with Crippen LogP contribution in [-0.2, 0) is 9.53 Å². The predicted molar refractivity (Wildman–Crippen MR) is 97.9 cm³/mol. The van der Waals surface area contributed by atoms with E-state index in [1.807, 2.05) is 0 Å². The van der Waals surface area contributed by atoms with Crippen molar-refractivity contribution >= 4 is 29.1 Å². The highest BCUT2D eigenvalue weighted by atomic mass is 35.5. The number of benzene rings is 2. The van der Waals surface area contributed by atoms with Crippen LogP contribution in [0.3, 0.4) is 0 Å². The van der Waals surface area contributed by atoms with Crippen molar-refractivity contribution < 1.29 is 23.9 Å². The zero-order valence-electron chi connectivity index (χ0n) is 14.5. The second-order valence-corrected chi connectivity index (χ2v) is 6.95. The van der Waals surface area contributed by atoms with Gasteiger partial charge in [-0.05, 0) is 38.1 Å². The molecule has 0 radical (unpaired) electrons.